The van der Waals surface area contributed by atoms with E-state index in [-0.39, 0.29) is 56.1 Å². The third kappa shape index (κ3) is 5.07. The van der Waals surface area contributed by atoms with Gasteiger partial charge in [-0.2, -0.15) is 6.92 Å². The first kappa shape index (κ1) is 28.6. The van der Waals surface area contributed by atoms with Gasteiger partial charge in [0, 0.05) is 55.0 Å². The number of halogens is 1. The number of nitrogens with zero attached hydrogens (tertiary/aromatic N) is 4. The van der Waals surface area contributed by atoms with Gasteiger partial charge in [0.2, 0.25) is 0 Å². The molecule has 0 amide bonds. The van der Waals surface area contributed by atoms with Crippen molar-refractivity contribution in [2.45, 2.75) is 64.5 Å². The zero-order valence-electron chi connectivity index (χ0n) is 21.1. The number of fused-ring (bicyclic) bond motifs is 3. The number of allylic oxidation sites excluding steroid dienone is 1. The van der Waals surface area contributed by atoms with Gasteiger partial charge in [-0.15, -0.1) is 0 Å². The van der Waals surface area contributed by atoms with Crippen LogP contribution in [0, 0.1) is 12.8 Å². The number of esters is 1. The second-order valence-electron chi connectivity index (χ2n) is 9.26. The maximum Gasteiger partial charge on any atom is 0.309 e. The van der Waals surface area contributed by atoms with Crippen LogP contribution < -0.4 is 4.90 Å². The molecule has 1 saturated carbocycles. The summed E-state index contributed by atoms with van der Waals surface area (Å²) in [5, 5.41) is 0.578. The molecule has 2 aromatic heterocycles. The number of benzene rings is 1. The van der Waals surface area contributed by atoms with Gasteiger partial charge < -0.3 is 27.1 Å². The average Bonchev–Trinajstić information content (AvgIpc) is 3.28. The van der Waals surface area contributed by atoms with Crippen molar-refractivity contribution in [1.29, 1.82) is 0 Å². The van der Waals surface area contributed by atoms with Crippen LogP contribution in [0.5, 0.6) is 0 Å². The van der Waals surface area contributed by atoms with Gasteiger partial charge in [0.25, 0.3) is 0 Å². The second kappa shape index (κ2) is 11.6. The van der Waals surface area contributed by atoms with E-state index in [1.165, 1.54) is 10.2 Å². The minimum Gasteiger partial charge on any atom is -0.630 e. The molecule has 1 spiro atoms. The largest absolute Gasteiger partial charge is 0.630 e. The number of ether oxygens (including phenoxy) is 1. The predicted molar refractivity (Wildman–Crippen MR) is 140 cm³/mol. The van der Waals surface area contributed by atoms with Gasteiger partial charge in [0.15, 0.2) is 0 Å². The molecule has 189 valence electrons. The zero-order valence-corrected chi connectivity index (χ0v) is 24.7. The Balaban J connectivity index is 0.00000117. The fourth-order valence-electron chi connectivity index (χ4n) is 5.32. The summed E-state index contributed by atoms with van der Waals surface area (Å²) in [5.41, 5.74) is 4.33. The van der Waals surface area contributed by atoms with Crippen LogP contribution in [0.2, 0.25) is 5.02 Å². The van der Waals surface area contributed by atoms with E-state index in [4.69, 9.17) is 22.2 Å². The van der Waals surface area contributed by atoms with Crippen LogP contribution in [0.1, 0.15) is 57.8 Å². The van der Waals surface area contributed by atoms with E-state index >= 15 is 0 Å². The molecule has 0 bridgehead atoms. The molecule has 3 aromatic rings. The van der Waals surface area contributed by atoms with Crippen LogP contribution in [0.25, 0.3) is 16.9 Å². The van der Waals surface area contributed by atoms with E-state index in [1.54, 1.807) is 19.1 Å². The van der Waals surface area contributed by atoms with Gasteiger partial charge in [-0.1, -0.05) is 18.2 Å². The van der Waals surface area contributed by atoms with Gasteiger partial charge in [-0.05, 0) is 69.4 Å². The molecule has 7 nitrogen and oxygen atoms in total. The Morgan fingerprint density at radius 3 is 2.67 bits per heavy atom. The fraction of sp³-hybridized carbons (Fsp3) is 0.407. The van der Waals surface area contributed by atoms with E-state index in [1.807, 2.05) is 32.3 Å². The Morgan fingerprint density at radius 1 is 1.31 bits per heavy atom. The molecular weight excluding hydrogens is 551 g/mol. The number of pyridine rings is 1. The molecule has 36 heavy (non-hydrogen) atoms. The molecule has 0 unspecified atom stereocenters. The van der Waals surface area contributed by atoms with Gasteiger partial charge in [0.05, 0.1) is 41.5 Å². The molecule has 0 saturated heterocycles. The third-order valence-electron chi connectivity index (χ3n) is 6.99. The standard InChI is InChI=1S/C25H27ClN5O2.C2H5.Y/c1-15(2)33-24(32)17-6-9-25(10-7-17)16(3)30(22-13-28-11-8-19(22)25)14-23-29-20-5-4-18(26)12-21(20)31(23)27;1-2;/h4-5,8,11-13,15,17,27H,3,6-7,9-10,14H2,1-2H3;1H2,2H3;/q2*-1;. The number of rotatable bonds is 4. The number of hydrogen-bond donors (Lipinski definition) is 0. The van der Waals surface area contributed by atoms with E-state index in [0.29, 0.717) is 22.9 Å². The smallest absolute Gasteiger partial charge is 0.309 e. The third-order valence-corrected chi connectivity index (χ3v) is 7.23. The fourth-order valence-corrected chi connectivity index (χ4v) is 5.49. The number of hydrogen-bond acceptors (Lipinski definition) is 5. The molecule has 2 aliphatic rings. The molecule has 1 N–H and O–H groups in total. The Labute approximate surface area is 243 Å². The first-order valence-corrected chi connectivity index (χ1v) is 12.4. The first-order valence-electron chi connectivity index (χ1n) is 12.0. The minimum atomic E-state index is -0.241. The second-order valence-corrected chi connectivity index (χ2v) is 9.70. The van der Waals surface area contributed by atoms with E-state index in [9.17, 15) is 4.79 Å². The van der Waals surface area contributed by atoms with Crippen molar-refractivity contribution < 1.29 is 42.2 Å². The quantitative estimate of drug-likeness (QED) is 0.254. The number of carbonyl (C=O) groups is 1. The van der Waals surface area contributed by atoms with E-state index in [2.05, 4.69) is 34.4 Å². The van der Waals surface area contributed by atoms with Gasteiger partial charge in [-0.25, -0.2) is 4.98 Å². The van der Waals surface area contributed by atoms with Crippen molar-refractivity contribution in [3.8, 4) is 0 Å². The van der Waals surface area contributed by atoms with Crippen LogP contribution in [-0.4, -0.2) is 26.7 Å². The van der Waals surface area contributed by atoms with E-state index < -0.39 is 0 Å². The normalized spacial score (nSPS) is 20.7. The van der Waals surface area contributed by atoms with Gasteiger partial charge >= 0.3 is 5.97 Å². The zero-order chi connectivity index (χ0) is 25.3. The molecule has 3 heterocycles. The van der Waals surface area contributed by atoms with Crippen LogP contribution in [-0.2, 0) is 54.2 Å². The summed E-state index contributed by atoms with van der Waals surface area (Å²) in [6.45, 7) is 13.7. The summed E-state index contributed by atoms with van der Waals surface area (Å²) in [4.78, 5) is 23.7. The summed E-state index contributed by atoms with van der Waals surface area (Å²) in [7, 11) is 0. The molecular formula is C27H32ClN5O2Y-2. The summed E-state index contributed by atoms with van der Waals surface area (Å²) < 4.78 is 6.81. The molecule has 1 aliphatic carbocycles. The van der Waals surface area contributed by atoms with Crippen LogP contribution in [0.4, 0.5) is 5.69 Å². The predicted octanol–water partition coefficient (Wildman–Crippen LogP) is 6.65. The Hall–Kier alpha value is -1.96. The van der Waals surface area contributed by atoms with Crippen molar-refractivity contribution in [2.24, 2.45) is 5.92 Å². The number of aromatic nitrogens is 3. The van der Waals surface area contributed by atoms with Gasteiger partial charge in [0.1, 0.15) is 5.82 Å². The SMILES string of the molecule is C=C1N(Cc2nc3ccc(Cl)cc3n2[NH-])c2cnccc2C12CCC(C(=O)OC(C)C)CC2.[CH2-]C.[Y]. The minimum absolute atomic E-state index is 0. The first-order chi connectivity index (χ1) is 16.8. The van der Waals surface area contributed by atoms with Crippen molar-refractivity contribution >= 4 is 34.3 Å². The number of nitrogens with one attached hydrogen (secondary N) is 1. The Morgan fingerprint density at radius 2 is 2.00 bits per heavy atom. The Bertz CT molecular complexity index is 1250. The van der Waals surface area contributed by atoms with Crippen molar-refractivity contribution in [2.75, 3.05) is 4.90 Å². The molecule has 9 heteroatoms. The average molecular weight is 583 g/mol. The summed E-state index contributed by atoms with van der Waals surface area (Å²) in [6.07, 6.45) is 6.75. The molecule has 0 atom stereocenters. The summed E-state index contributed by atoms with van der Waals surface area (Å²) in [5.74, 6) is 9.00. The molecule has 1 aliphatic heterocycles. The maximum atomic E-state index is 12.5. The molecule has 1 aromatic carbocycles. The number of carbonyl (C=O) groups excluding carboxylic acids is 1. The molecule has 5 rings (SSSR count). The van der Waals surface area contributed by atoms with Gasteiger partial charge in [-0.3, -0.25) is 9.78 Å². The van der Waals surface area contributed by atoms with Crippen LogP contribution in [0.15, 0.2) is 48.9 Å². The molecule has 1 fully saturated rings. The number of anilines is 1. The molecule has 1 radical (unpaired) electrons. The maximum absolute atomic E-state index is 12.5. The van der Waals surface area contributed by atoms with Crippen LogP contribution >= 0.6 is 11.6 Å². The Kier molecular flexibility index (Phi) is 9.23. The van der Waals surface area contributed by atoms with Crippen molar-refractivity contribution in [3.63, 3.8) is 0 Å². The monoisotopic (exact) mass is 582 g/mol. The van der Waals surface area contributed by atoms with Crippen molar-refractivity contribution in [1.82, 2.24) is 14.6 Å². The van der Waals surface area contributed by atoms with Crippen molar-refractivity contribution in [3.05, 3.63) is 78.1 Å². The topological polar surface area (TPSA) is 84.0 Å². The summed E-state index contributed by atoms with van der Waals surface area (Å²) in [6, 6.07) is 7.44. The number of imidazole rings is 1. The van der Waals surface area contributed by atoms with Crippen LogP contribution in [0.3, 0.4) is 0 Å². The van der Waals surface area contributed by atoms with E-state index in [0.717, 1.165) is 42.6 Å². The summed E-state index contributed by atoms with van der Waals surface area (Å²) >= 11 is 6.13.